The second-order valence-electron chi connectivity index (χ2n) is 5.39. The van der Waals surface area contributed by atoms with Gasteiger partial charge in [-0.05, 0) is 55.9 Å². The highest BCUT2D eigenvalue weighted by Crippen LogP contribution is 2.32. The van der Waals surface area contributed by atoms with Gasteiger partial charge < -0.3 is 9.52 Å². The van der Waals surface area contributed by atoms with Gasteiger partial charge in [-0.25, -0.2) is 0 Å². The lowest BCUT2D eigenvalue weighted by atomic mass is 9.93. The fourth-order valence-corrected chi connectivity index (χ4v) is 2.87. The van der Waals surface area contributed by atoms with Gasteiger partial charge in [0, 0.05) is 5.56 Å². The summed E-state index contributed by atoms with van der Waals surface area (Å²) < 4.78 is 5.63. The van der Waals surface area contributed by atoms with E-state index in [1.165, 1.54) is 11.1 Å². The molecule has 2 heteroatoms. The van der Waals surface area contributed by atoms with E-state index in [4.69, 9.17) is 4.42 Å². The molecule has 1 aromatic heterocycles. The van der Waals surface area contributed by atoms with E-state index in [9.17, 15) is 5.11 Å². The molecule has 1 aromatic carbocycles. The van der Waals surface area contributed by atoms with E-state index in [1.807, 2.05) is 26.8 Å². The Bertz CT molecular complexity index is 608. The van der Waals surface area contributed by atoms with Crippen molar-refractivity contribution in [3.63, 3.8) is 0 Å². The van der Waals surface area contributed by atoms with Crippen molar-refractivity contribution in [3.8, 4) is 0 Å². The average Bonchev–Trinajstić information content (AvgIpc) is 2.70. The fraction of sp³-hybridized carbons (Fsp3) is 0.444. The van der Waals surface area contributed by atoms with E-state index in [1.54, 1.807) is 0 Å². The van der Waals surface area contributed by atoms with Crippen LogP contribution in [0.25, 0.3) is 0 Å². The van der Waals surface area contributed by atoms with Gasteiger partial charge in [-0.2, -0.15) is 0 Å². The van der Waals surface area contributed by atoms with Crippen molar-refractivity contribution in [1.82, 2.24) is 0 Å². The molecule has 1 unspecified atom stereocenters. The first-order valence-electron chi connectivity index (χ1n) is 7.35. The molecule has 2 rings (SSSR count). The lowest BCUT2D eigenvalue weighted by Gasteiger charge is -2.15. The van der Waals surface area contributed by atoms with Crippen LogP contribution in [0.3, 0.4) is 0 Å². The van der Waals surface area contributed by atoms with Gasteiger partial charge in [-0.1, -0.05) is 32.0 Å². The maximum absolute atomic E-state index is 10.7. The van der Waals surface area contributed by atoms with Crippen LogP contribution >= 0.6 is 0 Å². The third-order valence-electron chi connectivity index (χ3n) is 4.20. The molecule has 20 heavy (non-hydrogen) atoms. The summed E-state index contributed by atoms with van der Waals surface area (Å²) in [7, 11) is 0. The average molecular weight is 272 g/mol. The molecule has 0 fully saturated rings. The molecule has 1 atom stereocenters. The molecule has 108 valence electrons. The van der Waals surface area contributed by atoms with E-state index in [-0.39, 0.29) is 0 Å². The highest BCUT2D eigenvalue weighted by molar-refractivity contribution is 5.42. The van der Waals surface area contributed by atoms with Crippen LogP contribution in [0.2, 0.25) is 0 Å². The number of furan rings is 1. The van der Waals surface area contributed by atoms with Gasteiger partial charge in [0.15, 0.2) is 0 Å². The standard InChI is InChI=1S/C18H24O2/c1-6-14-8-9-16(10-15(14)7-2)18(19)17-11(3)12(4)20-13(17)5/h8-10,18-19H,6-7H2,1-5H3. The van der Waals surface area contributed by atoms with Gasteiger partial charge in [-0.15, -0.1) is 0 Å². The lowest BCUT2D eigenvalue weighted by Crippen LogP contribution is -2.04. The number of hydrogen-bond donors (Lipinski definition) is 1. The van der Waals surface area contributed by atoms with Crippen molar-refractivity contribution in [2.75, 3.05) is 0 Å². The molecule has 0 spiro atoms. The molecule has 0 aliphatic heterocycles. The third kappa shape index (κ3) is 2.53. The molecule has 1 heterocycles. The van der Waals surface area contributed by atoms with E-state index >= 15 is 0 Å². The predicted molar refractivity (Wildman–Crippen MR) is 82.2 cm³/mol. The van der Waals surface area contributed by atoms with Gasteiger partial charge in [0.05, 0.1) is 0 Å². The van der Waals surface area contributed by atoms with Gasteiger partial charge in [0.1, 0.15) is 17.6 Å². The highest BCUT2D eigenvalue weighted by Gasteiger charge is 2.21. The molecule has 0 radical (unpaired) electrons. The largest absolute Gasteiger partial charge is 0.466 e. The topological polar surface area (TPSA) is 33.4 Å². The lowest BCUT2D eigenvalue weighted by molar-refractivity contribution is 0.217. The number of aliphatic hydroxyl groups is 1. The van der Waals surface area contributed by atoms with Crippen molar-refractivity contribution in [2.24, 2.45) is 0 Å². The zero-order valence-corrected chi connectivity index (χ0v) is 13.1. The van der Waals surface area contributed by atoms with Crippen molar-refractivity contribution >= 4 is 0 Å². The summed E-state index contributed by atoms with van der Waals surface area (Å²) in [5.41, 5.74) is 5.59. The first-order valence-corrected chi connectivity index (χ1v) is 7.35. The van der Waals surface area contributed by atoms with Gasteiger partial charge in [0.2, 0.25) is 0 Å². The van der Waals surface area contributed by atoms with E-state index in [2.05, 4.69) is 26.0 Å². The number of aliphatic hydroxyl groups excluding tert-OH is 1. The van der Waals surface area contributed by atoms with E-state index < -0.39 is 6.10 Å². The Morgan fingerprint density at radius 2 is 1.65 bits per heavy atom. The van der Waals surface area contributed by atoms with Gasteiger partial charge in [0.25, 0.3) is 0 Å². The highest BCUT2D eigenvalue weighted by atomic mass is 16.3. The minimum atomic E-state index is -0.608. The minimum Gasteiger partial charge on any atom is -0.466 e. The van der Waals surface area contributed by atoms with E-state index in [0.717, 1.165) is 41.1 Å². The summed E-state index contributed by atoms with van der Waals surface area (Å²) in [5, 5.41) is 10.7. The quantitative estimate of drug-likeness (QED) is 0.894. The summed E-state index contributed by atoms with van der Waals surface area (Å²) in [6.07, 6.45) is 1.41. The fourth-order valence-electron chi connectivity index (χ4n) is 2.87. The van der Waals surface area contributed by atoms with Crippen LogP contribution in [0, 0.1) is 20.8 Å². The van der Waals surface area contributed by atoms with Crippen LogP contribution in [0.4, 0.5) is 0 Å². The number of hydrogen-bond acceptors (Lipinski definition) is 2. The Hall–Kier alpha value is -1.54. The summed E-state index contributed by atoms with van der Waals surface area (Å²) in [4.78, 5) is 0. The zero-order valence-electron chi connectivity index (χ0n) is 13.1. The molecular weight excluding hydrogens is 248 g/mol. The summed E-state index contributed by atoms with van der Waals surface area (Å²) in [6, 6.07) is 6.30. The van der Waals surface area contributed by atoms with Crippen LogP contribution in [-0.4, -0.2) is 5.11 Å². The smallest absolute Gasteiger partial charge is 0.108 e. The van der Waals surface area contributed by atoms with Crippen molar-refractivity contribution < 1.29 is 9.52 Å². The Kier molecular flexibility index (Phi) is 4.34. The third-order valence-corrected chi connectivity index (χ3v) is 4.20. The maximum atomic E-state index is 10.7. The minimum absolute atomic E-state index is 0.608. The molecule has 0 aliphatic carbocycles. The Balaban J connectivity index is 2.45. The SMILES string of the molecule is CCc1ccc(C(O)c2c(C)oc(C)c2C)cc1CC. The molecule has 0 bridgehead atoms. The maximum Gasteiger partial charge on any atom is 0.108 e. The Morgan fingerprint density at radius 3 is 2.15 bits per heavy atom. The first-order chi connectivity index (χ1) is 9.49. The van der Waals surface area contributed by atoms with Crippen LogP contribution in [0.1, 0.15) is 59.3 Å². The molecule has 2 aromatic rings. The molecule has 0 saturated heterocycles. The molecule has 0 saturated carbocycles. The molecular formula is C18H24O2. The second-order valence-corrected chi connectivity index (χ2v) is 5.39. The number of benzene rings is 1. The second kappa shape index (κ2) is 5.84. The van der Waals surface area contributed by atoms with Gasteiger partial charge >= 0.3 is 0 Å². The van der Waals surface area contributed by atoms with Crippen LogP contribution in [0.15, 0.2) is 22.6 Å². The van der Waals surface area contributed by atoms with Gasteiger partial charge in [-0.3, -0.25) is 0 Å². The molecule has 1 N–H and O–H groups in total. The van der Waals surface area contributed by atoms with Crippen molar-refractivity contribution in [3.05, 3.63) is 57.5 Å². The number of aryl methyl sites for hydroxylation is 4. The molecule has 2 nitrogen and oxygen atoms in total. The van der Waals surface area contributed by atoms with E-state index in [0.29, 0.717) is 0 Å². The predicted octanol–water partition coefficient (Wildman–Crippen LogP) is 4.41. The number of rotatable bonds is 4. The van der Waals surface area contributed by atoms with Crippen molar-refractivity contribution in [1.29, 1.82) is 0 Å². The zero-order chi connectivity index (χ0) is 14.9. The monoisotopic (exact) mass is 272 g/mol. The van der Waals surface area contributed by atoms with Crippen molar-refractivity contribution in [2.45, 2.75) is 53.6 Å². The molecule has 0 aliphatic rings. The van der Waals surface area contributed by atoms with Crippen LogP contribution in [0.5, 0.6) is 0 Å². The van der Waals surface area contributed by atoms with Crippen LogP contribution in [-0.2, 0) is 12.8 Å². The summed E-state index contributed by atoms with van der Waals surface area (Å²) in [5.74, 6) is 1.70. The Morgan fingerprint density at radius 1 is 1.00 bits per heavy atom. The summed E-state index contributed by atoms with van der Waals surface area (Å²) >= 11 is 0. The molecule has 0 amide bonds. The summed E-state index contributed by atoms with van der Waals surface area (Å²) in [6.45, 7) is 10.2. The Labute approximate surface area is 121 Å². The normalized spacial score (nSPS) is 12.7. The van der Waals surface area contributed by atoms with Crippen LogP contribution < -0.4 is 0 Å². The first kappa shape index (κ1) is 14.9.